The Hall–Kier alpha value is -1.14. The summed E-state index contributed by atoms with van der Waals surface area (Å²) in [6, 6.07) is 7.31. The van der Waals surface area contributed by atoms with Gasteiger partial charge in [0.1, 0.15) is 6.04 Å². The second-order valence-corrected chi connectivity index (χ2v) is 6.06. The number of amides is 1. The summed E-state index contributed by atoms with van der Waals surface area (Å²) in [5.74, 6) is -0.187. The molecule has 2 rings (SSSR count). The predicted octanol–water partition coefficient (Wildman–Crippen LogP) is 1.57. The van der Waals surface area contributed by atoms with Crippen molar-refractivity contribution in [2.24, 2.45) is 5.73 Å². The summed E-state index contributed by atoms with van der Waals surface area (Å²) in [4.78, 5) is 14.4. The number of methoxy groups -OCH3 is 1. The zero-order valence-electron chi connectivity index (χ0n) is 12.9. The molecule has 0 spiro atoms. The second-order valence-electron chi connectivity index (χ2n) is 5.62. The molecule has 1 aliphatic heterocycles. The van der Waals surface area contributed by atoms with Crippen LogP contribution in [0.3, 0.4) is 0 Å². The topological polar surface area (TPSA) is 67.6 Å². The lowest BCUT2D eigenvalue weighted by Crippen LogP contribution is -2.46. The standard InChI is InChI=1S/C16H24ClN3O2/c1-22-11-14(18)16(21)19-10-15(20-7-2-3-8-20)12-5-4-6-13(17)9-12/h4-6,9,14-15H,2-3,7-8,10-11,18H2,1H3,(H,19,21). The molecule has 0 saturated carbocycles. The van der Waals surface area contributed by atoms with Crippen LogP contribution in [-0.4, -0.2) is 50.2 Å². The number of hydrogen-bond donors (Lipinski definition) is 2. The minimum atomic E-state index is -0.636. The van der Waals surface area contributed by atoms with Crippen LogP contribution in [0.2, 0.25) is 5.02 Å². The van der Waals surface area contributed by atoms with Crippen molar-refractivity contribution in [3.8, 4) is 0 Å². The Bertz CT molecular complexity index is 492. The number of carbonyl (C=O) groups is 1. The zero-order valence-corrected chi connectivity index (χ0v) is 13.7. The van der Waals surface area contributed by atoms with Gasteiger partial charge in [0, 0.05) is 18.7 Å². The van der Waals surface area contributed by atoms with Crippen LogP contribution < -0.4 is 11.1 Å². The molecule has 1 aliphatic rings. The van der Waals surface area contributed by atoms with E-state index in [1.165, 1.54) is 20.0 Å². The van der Waals surface area contributed by atoms with Crippen LogP contribution in [0.4, 0.5) is 0 Å². The maximum atomic E-state index is 12.0. The van der Waals surface area contributed by atoms with Gasteiger partial charge in [-0.15, -0.1) is 0 Å². The molecule has 1 aromatic carbocycles. The molecule has 2 atom stereocenters. The first-order valence-corrected chi connectivity index (χ1v) is 8.01. The van der Waals surface area contributed by atoms with Gasteiger partial charge in [-0.05, 0) is 43.6 Å². The number of carbonyl (C=O) groups excluding carboxylic acids is 1. The van der Waals surface area contributed by atoms with Crippen molar-refractivity contribution in [1.82, 2.24) is 10.2 Å². The Morgan fingerprint density at radius 3 is 2.82 bits per heavy atom. The van der Waals surface area contributed by atoms with Gasteiger partial charge in [0.15, 0.2) is 0 Å². The van der Waals surface area contributed by atoms with E-state index in [0.717, 1.165) is 18.7 Å². The maximum Gasteiger partial charge on any atom is 0.239 e. The van der Waals surface area contributed by atoms with Crippen molar-refractivity contribution >= 4 is 17.5 Å². The van der Waals surface area contributed by atoms with Crippen molar-refractivity contribution < 1.29 is 9.53 Å². The van der Waals surface area contributed by atoms with Gasteiger partial charge >= 0.3 is 0 Å². The number of likely N-dealkylation sites (tertiary alicyclic amines) is 1. The molecular formula is C16H24ClN3O2. The lowest BCUT2D eigenvalue weighted by atomic mass is 10.1. The van der Waals surface area contributed by atoms with E-state index in [9.17, 15) is 4.79 Å². The third-order valence-electron chi connectivity index (χ3n) is 3.97. The van der Waals surface area contributed by atoms with Gasteiger partial charge in [0.2, 0.25) is 5.91 Å². The quantitative estimate of drug-likeness (QED) is 0.798. The molecule has 5 nitrogen and oxygen atoms in total. The molecule has 0 aliphatic carbocycles. The highest BCUT2D eigenvalue weighted by Gasteiger charge is 2.25. The van der Waals surface area contributed by atoms with Crippen LogP contribution in [0.25, 0.3) is 0 Å². The zero-order chi connectivity index (χ0) is 15.9. The molecule has 1 heterocycles. The summed E-state index contributed by atoms with van der Waals surface area (Å²) in [6.07, 6.45) is 2.38. The molecule has 0 radical (unpaired) electrons. The number of nitrogens with two attached hydrogens (primary N) is 1. The molecular weight excluding hydrogens is 302 g/mol. The highest BCUT2D eigenvalue weighted by atomic mass is 35.5. The van der Waals surface area contributed by atoms with Gasteiger partial charge in [-0.3, -0.25) is 9.69 Å². The summed E-state index contributed by atoms with van der Waals surface area (Å²) < 4.78 is 4.92. The summed E-state index contributed by atoms with van der Waals surface area (Å²) in [6.45, 7) is 2.82. The Labute approximate surface area is 136 Å². The molecule has 22 heavy (non-hydrogen) atoms. The monoisotopic (exact) mass is 325 g/mol. The van der Waals surface area contributed by atoms with Crippen LogP contribution in [0.5, 0.6) is 0 Å². The minimum absolute atomic E-state index is 0.125. The van der Waals surface area contributed by atoms with Gasteiger partial charge in [0.05, 0.1) is 12.6 Å². The first-order chi connectivity index (χ1) is 10.6. The van der Waals surface area contributed by atoms with Crippen molar-refractivity contribution in [3.05, 3.63) is 34.9 Å². The maximum absolute atomic E-state index is 12.0. The SMILES string of the molecule is COCC(N)C(=O)NCC(c1cccc(Cl)c1)N1CCCC1. The van der Waals surface area contributed by atoms with Crippen LogP contribution in [0.15, 0.2) is 24.3 Å². The molecule has 6 heteroatoms. The molecule has 0 aromatic heterocycles. The lowest BCUT2D eigenvalue weighted by Gasteiger charge is -2.28. The van der Waals surface area contributed by atoms with E-state index in [1.54, 1.807) is 0 Å². The number of benzene rings is 1. The van der Waals surface area contributed by atoms with Crippen LogP contribution in [-0.2, 0) is 9.53 Å². The largest absolute Gasteiger partial charge is 0.383 e. The number of rotatable bonds is 7. The highest BCUT2D eigenvalue weighted by molar-refractivity contribution is 6.30. The third-order valence-corrected chi connectivity index (χ3v) is 4.20. The van der Waals surface area contributed by atoms with Gasteiger partial charge < -0.3 is 15.8 Å². The average molecular weight is 326 g/mol. The molecule has 2 unspecified atom stereocenters. The molecule has 1 amide bonds. The van der Waals surface area contributed by atoms with Gasteiger partial charge in [-0.2, -0.15) is 0 Å². The van der Waals surface area contributed by atoms with Crippen LogP contribution in [0, 0.1) is 0 Å². The third kappa shape index (κ3) is 4.68. The fraction of sp³-hybridized carbons (Fsp3) is 0.562. The van der Waals surface area contributed by atoms with Crippen molar-refractivity contribution in [3.63, 3.8) is 0 Å². The summed E-state index contributed by atoms with van der Waals surface area (Å²) in [7, 11) is 1.53. The van der Waals surface area contributed by atoms with E-state index >= 15 is 0 Å². The van der Waals surface area contributed by atoms with E-state index in [2.05, 4.69) is 16.3 Å². The van der Waals surface area contributed by atoms with E-state index in [1.807, 2.05) is 18.2 Å². The molecule has 122 valence electrons. The first-order valence-electron chi connectivity index (χ1n) is 7.63. The lowest BCUT2D eigenvalue weighted by molar-refractivity contribution is -0.123. The van der Waals surface area contributed by atoms with Gasteiger partial charge in [-0.1, -0.05) is 23.7 Å². The molecule has 3 N–H and O–H groups in total. The summed E-state index contributed by atoms with van der Waals surface area (Å²) in [5.41, 5.74) is 6.88. The Kier molecular flexibility index (Phi) is 6.64. The summed E-state index contributed by atoms with van der Waals surface area (Å²) in [5, 5.41) is 3.65. The Morgan fingerprint density at radius 2 is 2.18 bits per heavy atom. The van der Waals surface area contributed by atoms with E-state index in [4.69, 9.17) is 22.1 Å². The second kappa shape index (κ2) is 8.48. The Balaban J connectivity index is 2.04. The van der Waals surface area contributed by atoms with Crippen molar-refractivity contribution in [2.75, 3.05) is 33.4 Å². The first kappa shape index (κ1) is 17.2. The average Bonchev–Trinajstić information content (AvgIpc) is 3.01. The van der Waals surface area contributed by atoms with Gasteiger partial charge in [-0.25, -0.2) is 0 Å². The van der Waals surface area contributed by atoms with Crippen molar-refractivity contribution in [1.29, 1.82) is 0 Å². The number of hydrogen-bond acceptors (Lipinski definition) is 4. The van der Waals surface area contributed by atoms with Crippen molar-refractivity contribution in [2.45, 2.75) is 24.9 Å². The molecule has 1 fully saturated rings. The minimum Gasteiger partial charge on any atom is -0.383 e. The number of nitrogens with one attached hydrogen (secondary N) is 1. The normalized spacial score (nSPS) is 18.1. The number of halogens is 1. The van der Waals surface area contributed by atoms with E-state index in [-0.39, 0.29) is 18.6 Å². The van der Waals surface area contributed by atoms with Gasteiger partial charge in [0.25, 0.3) is 0 Å². The Morgan fingerprint density at radius 1 is 1.45 bits per heavy atom. The van der Waals surface area contributed by atoms with Crippen LogP contribution in [0.1, 0.15) is 24.4 Å². The van der Waals surface area contributed by atoms with E-state index < -0.39 is 6.04 Å². The number of nitrogens with zero attached hydrogens (tertiary/aromatic N) is 1. The smallest absolute Gasteiger partial charge is 0.239 e. The predicted molar refractivity (Wildman–Crippen MR) is 87.9 cm³/mol. The molecule has 0 bridgehead atoms. The van der Waals surface area contributed by atoms with E-state index in [0.29, 0.717) is 11.6 Å². The fourth-order valence-corrected chi connectivity index (χ4v) is 3.01. The fourth-order valence-electron chi connectivity index (χ4n) is 2.81. The molecule has 1 aromatic rings. The number of ether oxygens (including phenoxy) is 1. The summed E-state index contributed by atoms with van der Waals surface area (Å²) >= 11 is 6.11. The highest BCUT2D eigenvalue weighted by Crippen LogP contribution is 2.26. The van der Waals surface area contributed by atoms with Crippen LogP contribution >= 0.6 is 11.6 Å². The molecule has 1 saturated heterocycles.